The lowest BCUT2D eigenvalue weighted by molar-refractivity contribution is 0.0697. The van der Waals surface area contributed by atoms with E-state index in [1.165, 1.54) is 0 Å². The molecule has 1 aliphatic rings. The fourth-order valence-electron chi connectivity index (χ4n) is 2.45. The summed E-state index contributed by atoms with van der Waals surface area (Å²) in [7, 11) is 2.00. The van der Waals surface area contributed by atoms with E-state index < -0.39 is 5.97 Å². The second kappa shape index (κ2) is 4.48. The smallest absolute Gasteiger partial charge is 0.337 e. The Balaban J connectivity index is 2.19. The van der Waals surface area contributed by atoms with E-state index in [9.17, 15) is 9.90 Å². The third kappa shape index (κ3) is 2.11. The largest absolute Gasteiger partial charge is 0.478 e. The number of aromatic carboxylic acids is 1. The van der Waals surface area contributed by atoms with Gasteiger partial charge in [0.1, 0.15) is 0 Å². The molecule has 0 saturated heterocycles. The van der Waals surface area contributed by atoms with Gasteiger partial charge in [-0.15, -0.1) is 0 Å². The minimum absolute atomic E-state index is 0.278. The van der Waals surface area contributed by atoms with Gasteiger partial charge in [0, 0.05) is 18.7 Å². The van der Waals surface area contributed by atoms with Crippen LogP contribution in [0.1, 0.15) is 21.6 Å². The van der Waals surface area contributed by atoms with Gasteiger partial charge in [-0.05, 0) is 18.7 Å². The van der Waals surface area contributed by atoms with Crippen molar-refractivity contribution in [2.75, 3.05) is 7.05 Å². The summed E-state index contributed by atoms with van der Waals surface area (Å²) in [5.74, 6) is -0.927. The van der Waals surface area contributed by atoms with E-state index in [0.717, 1.165) is 29.9 Å². The van der Waals surface area contributed by atoms with Gasteiger partial charge in [0.05, 0.1) is 17.0 Å². The van der Waals surface area contributed by atoms with Crippen LogP contribution in [0.2, 0.25) is 0 Å². The van der Waals surface area contributed by atoms with E-state index in [-0.39, 0.29) is 5.56 Å². The maximum atomic E-state index is 11.4. The summed E-state index contributed by atoms with van der Waals surface area (Å²) in [4.78, 5) is 18.1. The van der Waals surface area contributed by atoms with Crippen molar-refractivity contribution in [3.05, 3.63) is 53.2 Å². The van der Waals surface area contributed by atoms with E-state index in [1.807, 2.05) is 37.4 Å². The SMILES string of the molecule is CN1Cc2cc(C(=O)O)c(-c3ccccc3)nc2C1. The summed E-state index contributed by atoms with van der Waals surface area (Å²) < 4.78 is 0. The molecule has 0 aliphatic carbocycles. The number of pyridine rings is 1. The van der Waals surface area contributed by atoms with Crippen molar-refractivity contribution in [3.63, 3.8) is 0 Å². The zero-order valence-electron chi connectivity index (χ0n) is 10.6. The highest BCUT2D eigenvalue weighted by atomic mass is 16.4. The molecule has 19 heavy (non-hydrogen) atoms. The Morgan fingerprint density at radius 2 is 2.00 bits per heavy atom. The van der Waals surface area contributed by atoms with Crippen LogP contribution in [0.5, 0.6) is 0 Å². The van der Waals surface area contributed by atoms with Crippen LogP contribution < -0.4 is 0 Å². The molecular formula is C15H14N2O2. The molecule has 0 fully saturated rings. The van der Waals surface area contributed by atoms with E-state index in [1.54, 1.807) is 6.07 Å². The number of hydrogen-bond donors (Lipinski definition) is 1. The van der Waals surface area contributed by atoms with Crippen molar-refractivity contribution in [3.8, 4) is 11.3 Å². The van der Waals surface area contributed by atoms with E-state index in [4.69, 9.17) is 0 Å². The fraction of sp³-hybridized carbons (Fsp3) is 0.200. The number of carbonyl (C=O) groups is 1. The first-order chi connectivity index (χ1) is 9.15. The third-order valence-electron chi connectivity index (χ3n) is 3.33. The number of hydrogen-bond acceptors (Lipinski definition) is 3. The Kier molecular flexibility index (Phi) is 2.80. The molecule has 0 saturated carbocycles. The molecule has 0 amide bonds. The van der Waals surface area contributed by atoms with Crippen LogP contribution in [0.4, 0.5) is 0 Å². The van der Waals surface area contributed by atoms with Crippen molar-refractivity contribution in [2.45, 2.75) is 13.1 Å². The molecule has 2 heterocycles. The molecule has 1 aromatic heterocycles. The van der Waals surface area contributed by atoms with Gasteiger partial charge in [-0.3, -0.25) is 9.88 Å². The normalized spacial score (nSPS) is 14.4. The highest BCUT2D eigenvalue weighted by Gasteiger charge is 2.22. The molecule has 3 rings (SSSR count). The molecule has 1 aromatic carbocycles. The Bertz CT molecular complexity index is 638. The number of rotatable bonds is 2. The van der Waals surface area contributed by atoms with Gasteiger partial charge in [-0.25, -0.2) is 4.79 Å². The van der Waals surface area contributed by atoms with Crippen LogP contribution in [-0.4, -0.2) is 28.0 Å². The van der Waals surface area contributed by atoms with Crippen molar-refractivity contribution < 1.29 is 9.90 Å². The molecule has 96 valence electrons. The van der Waals surface area contributed by atoms with Crippen molar-refractivity contribution in [2.24, 2.45) is 0 Å². The van der Waals surface area contributed by atoms with Gasteiger partial charge in [0.2, 0.25) is 0 Å². The summed E-state index contributed by atoms with van der Waals surface area (Å²) >= 11 is 0. The first-order valence-corrected chi connectivity index (χ1v) is 6.15. The van der Waals surface area contributed by atoms with Crippen LogP contribution in [0.15, 0.2) is 36.4 Å². The van der Waals surface area contributed by atoms with E-state index in [0.29, 0.717) is 5.69 Å². The maximum absolute atomic E-state index is 11.4. The van der Waals surface area contributed by atoms with E-state index in [2.05, 4.69) is 9.88 Å². The number of carboxylic acid groups (broad SMARTS) is 1. The summed E-state index contributed by atoms with van der Waals surface area (Å²) in [5.41, 5.74) is 3.67. The zero-order chi connectivity index (χ0) is 13.4. The molecule has 0 spiro atoms. The number of carboxylic acids is 1. The molecule has 4 nitrogen and oxygen atoms in total. The highest BCUT2D eigenvalue weighted by Crippen LogP contribution is 2.28. The molecule has 0 atom stereocenters. The summed E-state index contributed by atoms with van der Waals surface area (Å²) in [6, 6.07) is 11.2. The number of aromatic nitrogens is 1. The van der Waals surface area contributed by atoms with Gasteiger partial charge >= 0.3 is 5.97 Å². The third-order valence-corrected chi connectivity index (χ3v) is 3.33. The van der Waals surface area contributed by atoms with Crippen LogP contribution in [-0.2, 0) is 13.1 Å². The number of fused-ring (bicyclic) bond motifs is 1. The molecule has 0 radical (unpaired) electrons. The Labute approximate surface area is 111 Å². The van der Waals surface area contributed by atoms with Crippen molar-refractivity contribution >= 4 is 5.97 Å². The van der Waals surface area contributed by atoms with E-state index >= 15 is 0 Å². The summed E-state index contributed by atoms with van der Waals surface area (Å²) in [6.45, 7) is 1.53. The van der Waals surface area contributed by atoms with Crippen LogP contribution in [0.3, 0.4) is 0 Å². The Hall–Kier alpha value is -2.20. The zero-order valence-corrected chi connectivity index (χ0v) is 10.6. The van der Waals surface area contributed by atoms with Crippen LogP contribution >= 0.6 is 0 Å². The van der Waals surface area contributed by atoms with Crippen molar-refractivity contribution in [1.29, 1.82) is 0 Å². The molecular weight excluding hydrogens is 240 g/mol. The standard InChI is InChI=1S/C15H14N2O2/c1-17-8-11-7-12(15(18)19)14(16-13(11)9-17)10-5-3-2-4-6-10/h2-7H,8-9H2,1H3,(H,18,19). The van der Waals surface area contributed by atoms with Crippen LogP contribution in [0, 0.1) is 0 Å². The topological polar surface area (TPSA) is 53.4 Å². The Morgan fingerprint density at radius 1 is 1.26 bits per heavy atom. The summed E-state index contributed by atoms with van der Waals surface area (Å²) in [6.07, 6.45) is 0. The number of benzene rings is 1. The predicted molar refractivity (Wildman–Crippen MR) is 71.8 cm³/mol. The Morgan fingerprint density at radius 3 is 2.68 bits per heavy atom. The number of nitrogens with zero attached hydrogens (tertiary/aromatic N) is 2. The molecule has 0 unspecified atom stereocenters. The molecule has 2 aromatic rings. The van der Waals surface area contributed by atoms with Crippen LogP contribution in [0.25, 0.3) is 11.3 Å². The molecule has 1 aliphatic heterocycles. The average Bonchev–Trinajstić information content (AvgIpc) is 2.77. The highest BCUT2D eigenvalue weighted by molar-refractivity contribution is 5.95. The lowest BCUT2D eigenvalue weighted by Crippen LogP contribution is -2.07. The summed E-state index contributed by atoms with van der Waals surface area (Å²) in [5, 5.41) is 9.37. The second-order valence-corrected chi connectivity index (χ2v) is 4.83. The quantitative estimate of drug-likeness (QED) is 0.894. The minimum atomic E-state index is -0.927. The molecule has 4 heteroatoms. The van der Waals surface area contributed by atoms with Gasteiger partial charge in [-0.2, -0.15) is 0 Å². The molecule has 0 bridgehead atoms. The first kappa shape index (κ1) is 11.9. The first-order valence-electron chi connectivity index (χ1n) is 6.15. The van der Waals surface area contributed by atoms with Gasteiger partial charge < -0.3 is 5.11 Å². The lowest BCUT2D eigenvalue weighted by atomic mass is 10.0. The second-order valence-electron chi connectivity index (χ2n) is 4.83. The minimum Gasteiger partial charge on any atom is -0.478 e. The lowest BCUT2D eigenvalue weighted by Gasteiger charge is -2.08. The van der Waals surface area contributed by atoms with Gasteiger partial charge in [-0.1, -0.05) is 30.3 Å². The van der Waals surface area contributed by atoms with Crippen molar-refractivity contribution in [1.82, 2.24) is 9.88 Å². The predicted octanol–water partition coefficient (Wildman–Crippen LogP) is 2.39. The fourth-order valence-corrected chi connectivity index (χ4v) is 2.45. The molecule has 1 N–H and O–H groups in total. The maximum Gasteiger partial charge on any atom is 0.337 e. The van der Waals surface area contributed by atoms with Gasteiger partial charge in [0.25, 0.3) is 0 Å². The monoisotopic (exact) mass is 254 g/mol. The average molecular weight is 254 g/mol. The van der Waals surface area contributed by atoms with Gasteiger partial charge in [0.15, 0.2) is 0 Å².